The maximum absolute atomic E-state index is 6.28. The van der Waals surface area contributed by atoms with Gasteiger partial charge in [-0.15, -0.1) is 0 Å². The van der Waals surface area contributed by atoms with Crippen molar-refractivity contribution in [3.8, 4) is 0 Å². The fourth-order valence-electron chi connectivity index (χ4n) is 2.93. The number of nitrogens with one attached hydrogen (secondary N) is 1. The Labute approximate surface area is 127 Å². The van der Waals surface area contributed by atoms with Crippen molar-refractivity contribution in [2.24, 2.45) is 5.92 Å². The standard InChI is InChI=1S/C16H26ClN3/c1-3-5-13-8-10-20(11-9-13)12-15-14(17)6-7-16(19-15)18-4-2/h6-7,13H,3-5,8-12H2,1-2H3,(H,18,19). The summed E-state index contributed by atoms with van der Waals surface area (Å²) in [5.74, 6) is 1.85. The van der Waals surface area contributed by atoms with Crippen molar-refractivity contribution in [1.82, 2.24) is 9.88 Å². The van der Waals surface area contributed by atoms with E-state index in [1.807, 2.05) is 12.1 Å². The van der Waals surface area contributed by atoms with Crippen molar-refractivity contribution in [2.75, 3.05) is 25.0 Å². The molecule has 1 aromatic heterocycles. The van der Waals surface area contributed by atoms with Crippen LogP contribution >= 0.6 is 11.6 Å². The molecule has 0 aromatic carbocycles. The first-order valence-electron chi connectivity index (χ1n) is 7.84. The van der Waals surface area contributed by atoms with E-state index in [4.69, 9.17) is 11.6 Å². The summed E-state index contributed by atoms with van der Waals surface area (Å²) in [6, 6.07) is 3.90. The van der Waals surface area contributed by atoms with Gasteiger partial charge in [-0.1, -0.05) is 31.4 Å². The van der Waals surface area contributed by atoms with Crippen molar-refractivity contribution in [2.45, 2.75) is 46.1 Å². The van der Waals surface area contributed by atoms with Crippen molar-refractivity contribution < 1.29 is 0 Å². The van der Waals surface area contributed by atoms with Crippen LogP contribution in [0.3, 0.4) is 0 Å². The average molecular weight is 296 g/mol. The number of nitrogens with zero attached hydrogens (tertiary/aromatic N) is 2. The van der Waals surface area contributed by atoms with Crippen LogP contribution in [0.5, 0.6) is 0 Å². The molecule has 4 heteroatoms. The highest BCUT2D eigenvalue weighted by Crippen LogP contribution is 2.24. The van der Waals surface area contributed by atoms with Gasteiger partial charge < -0.3 is 5.32 Å². The molecule has 1 aliphatic heterocycles. The number of hydrogen-bond acceptors (Lipinski definition) is 3. The van der Waals surface area contributed by atoms with Gasteiger partial charge in [0, 0.05) is 13.1 Å². The van der Waals surface area contributed by atoms with Crippen molar-refractivity contribution in [3.63, 3.8) is 0 Å². The lowest BCUT2D eigenvalue weighted by molar-refractivity contribution is 0.170. The predicted octanol–water partition coefficient (Wildman–Crippen LogP) is 4.18. The van der Waals surface area contributed by atoms with Crippen LogP contribution in [-0.4, -0.2) is 29.5 Å². The van der Waals surface area contributed by atoms with Gasteiger partial charge in [0.25, 0.3) is 0 Å². The van der Waals surface area contributed by atoms with Crippen LogP contribution < -0.4 is 5.32 Å². The summed E-state index contributed by atoms with van der Waals surface area (Å²) in [6.45, 7) is 8.46. The fraction of sp³-hybridized carbons (Fsp3) is 0.688. The second-order valence-electron chi connectivity index (χ2n) is 5.66. The number of pyridine rings is 1. The Morgan fingerprint density at radius 1 is 1.30 bits per heavy atom. The van der Waals surface area contributed by atoms with E-state index < -0.39 is 0 Å². The third kappa shape index (κ3) is 4.35. The van der Waals surface area contributed by atoms with Gasteiger partial charge in [-0.3, -0.25) is 4.90 Å². The molecular weight excluding hydrogens is 270 g/mol. The number of anilines is 1. The highest BCUT2D eigenvalue weighted by Gasteiger charge is 2.19. The van der Waals surface area contributed by atoms with Crippen LogP contribution in [0.4, 0.5) is 5.82 Å². The molecule has 3 nitrogen and oxygen atoms in total. The third-order valence-corrected chi connectivity index (χ3v) is 4.40. The van der Waals surface area contributed by atoms with Crippen LogP contribution in [0, 0.1) is 5.92 Å². The fourth-order valence-corrected chi connectivity index (χ4v) is 3.09. The van der Waals surface area contributed by atoms with Crippen molar-refractivity contribution in [3.05, 3.63) is 22.8 Å². The minimum Gasteiger partial charge on any atom is -0.370 e. The number of piperidine rings is 1. The smallest absolute Gasteiger partial charge is 0.126 e. The largest absolute Gasteiger partial charge is 0.370 e. The number of rotatable bonds is 6. The summed E-state index contributed by atoms with van der Waals surface area (Å²) in [5, 5.41) is 4.03. The first-order valence-corrected chi connectivity index (χ1v) is 8.22. The van der Waals surface area contributed by atoms with E-state index in [9.17, 15) is 0 Å². The predicted molar refractivity (Wildman–Crippen MR) is 86.3 cm³/mol. The molecule has 2 heterocycles. The van der Waals surface area contributed by atoms with Gasteiger partial charge in [-0.25, -0.2) is 4.98 Å². The second-order valence-corrected chi connectivity index (χ2v) is 6.07. The zero-order valence-electron chi connectivity index (χ0n) is 12.7. The van der Waals surface area contributed by atoms with Crippen molar-refractivity contribution in [1.29, 1.82) is 0 Å². The monoisotopic (exact) mass is 295 g/mol. The van der Waals surface area contributed by atoms with Gasteiger partial charge in [0.15, 0.2) is 0 Å². The van der Waals surface area contributed by atoms with Crippen LogP contribution in [0.25, 0.3) is 0 Å². The molecule has 0 aliphatic carbocycles. The maximum atomic E-state index is 6.28. The lowest BCUT2D eigenvalue weighted by Gasteiger charge is -2.31. The zero-order valence-corrected chi connectivity index (χ0v) is 13.4. The summed E-state index contributed by atoms with van der Waals surface area (Å²) in [5.41, 5.74) is 0.999. The summed E-state index contributed by atoms with van der Waals surface area (Å²) in [7, 11) is 0. The Kier molecular flexibility index (Phi) is 6.11. The molecule has 1 saturated heterocycles. The van der Waals surface area contributed by atoms with E-state index >= 15 is 0 Å². The minimum absolute atomic E-state index is 0.780. The SMILES string of the molecule is CCCC1CCN(Cc2nc(NCC)ccc2Cl)CC1. The van der Waals surface area contributed by atoms with Gasteiger partial charge in [0.05, 0.1) is 10.7 Å². The lowest BCUT2D eigenvalue weighted by atomic mass is 9.92. The van der Waals surface area contributed by atoms with Gasteiger partial charge in [0.2, 0.25) is 0 Å². The Morgan fingerprint density at radius 3 is 2.70 bits per heavy atom. The molecule has 20 heavy (non-hydrogen) atoms. The minimum atomic E-state index is 0.780. The van der Waals surface area contributed by atoms with E-state index in [-0.39, 0.29) is 0 Å². The molecule has 0 atom stereocenters. The Bertz CT molecular complexity index is 414. The molecule has 112 valence electrons. The van der Waals surface area contributed by atoms with Crippen LogP contribution in [-0.2, 0) is 6.54 Å². The van der Waals surface area contributed by atoms with Gasteiger partial charge >= 0.3 is 0 Å². The van der Waals surface area contributed by atoms with E-state index in [0.29, 0.717) is 0 Å². The lowest BCUT2D eigenvalue weighted by Crippen LogP contribution is -2.33. The number of hydrogen-bond donors (Lipinski definition) is 1. The van der Waals surface area contributed by atoms with E-state index in [1.54, 1.807) is 0 Å². The Morgan fingerprint density at radius 2 is 2.05 bits per heavy atom. The van der Waals surface area contributed by atoms with Gasteiger partial charge in [0.1, 0.15) is 5.82 Å². The normalized spacial score (nSPS) is 17.4. The third-order valence-electron chi connectivity index (χ3n) is 4.05. The van der Waals surface area contributed by atoms with Crippen LogP contribution in [0.2, 0.25) is 5.02 Å². The molecule has 1 aliphatic rings. The molecule has 1 N–H and O–H groups in total. The Hall–Kier alpha value is -0.800. The highest BCUT2D eigenvalue weighted by atomic mass is 35.5. The molecule has 0 unspecified atom stereocenters. The molecule has 0 saturated carbocycles. The zero-order chi connectivity index (χ0) is 14.4. The molecule has 0 amide bonds. The topological polar surface area (TPSA) is 28.2 Å². The van der Waals surface area contributed by atoms with E-state index in [0.717, 1.165) is 35.5 Å². The molecule has 1 aromatic rings. The number of aromatic nitrogens is 1. The molecule has 0 bridgehead atoms. The quantitative estimate of drug-likeness (QED) is 0.853. The van der Waals surface area contributed by atoms with Gasteiger partial charge in [-0.05, 0) is 50.9 Å². The summed E-state index contributed by atoms with van der Waals surface area (Å²) in [6.07, 6.45) is 5.32. The van der Waals surface area contributed by atoms with E-state index in [1.165, 1.54) is 38.8 Å². The average Bonchev–Trinajstić information content (AvgIpc) is 2.45. The van der Waals surface area contributed by atoms with Crippen molar-refractivity contribution >= 4 is 17.4 Å². The summed E-state index contributed by atoms with van der Waals surface area (Å²) < 4.78 is 0. The highest BCUT2D eigenvalue weighted by molar-refractivity contribution is 6.31. The molecular formula is C16H26ClN3. The molecule has 1 fully saturated rings. The number of halogens is 1. The Balaban J connectivity index is 1.92. The molecule has 0 radical (unpaired) electrons. The van der Waals surface area contributed by atoms with E-state index in [2.05, 4.69) is 29.0 Å². The molecule has 0 spiro atoms. The number of likely N-dealkylation sites (tertiary alicyclic amines) is 1. The summed E-state index contributed by atoms with van der Waals surface area (Å²) in [4.78, 5) is 7.11. The van der Waals surface area contributed by atoms with Crippen LogP contribution in [0.1, 0.15) is 45.2 Å². The second kappa shape index (κ2) is 7.84. The van der Waals surface area contributed by atoms with Gasteiger partial charge in [-0.2, -0.15) is 0 Å². The van der Waals surface area contributed by atoms with Crippen LogP contribution in [0.15, 0.2) is 12.1 Å². The molecule has 2 rings (SSSR count). The maximum Gasteiger partial charge on any atom is 0.126 e. The summed E-state index contributed by atoms with van der Waals surface area (Å²) >= 11 is 6.28. The first-order chi connectivity index (χ1) is 9.72. The first kappa shape index (κ1) is 15.6.